The van der Waals surface area contributed by atoms with Crippen molar-refractivity contribution in [1.82, 2.24) is 20.4 Å². The van der Waals surface area contributed by atoms with Crippen LogP contribution in [0, 0.1) is 6.92 Å². The molecule has 0 saturated carbocycles. The van der Waals surface area contributed by atoms with Gasteiger partial charge in [0.2, 0.25) is 5.89 Å². The molecule has 1 aliphatic rings. The molecule has 0 unspecified atom stereocenters. The van der Waals surface area contributed by atoms with E-state index in [-0.39, 0.29) is 5.92 Å². The molecule has 1 aliphatic heterocycles. The summed E-state index contributed by atoms with van der Waals surface area (Å²) in [5.74, 6) is 1.69. The van der Waals surface area contributed by atoms with Crippen molar-refractivity contribution in [2.24, 2.45) is 0 Å². The van der Waals surface area contributed by atoms with Gasteiger partial charge in [0.05, 0.1) is 5.92 Å². The van der Waals surface area contributed by atoms with E-state index in [2.05, 4.69) is 26.9 Å². The minimum absolute atomic E-state index is 0.277. The summed E-state index contributed by atoms with van der Waals surface area (Å²) in [5, 5.41) is 7.86. The first-order valence-electron chi connectivity index (χ1n) is 6.53. The lowest BCUT2D eigenvalue weighted by Gasteiger charge is -2.33. The largest absolute Gasteiger partial charge is 0.359 e. The molecule has 0 amide bonds. The summed E-state index contributed by atoms with van der Waals surface area (Å²) in [6, 6.07) is 0. The number of piperidine rings is 1. The number of rotatable bonds is 3. The van der Waals surface area contributed by atoms with Crippen LogP contribution < -0.4 is 5.32 Å². The van der Waals surface area contributed by atoms with E-state index in [0.717, 1.165) is 49.1 Å². The fourth-order valence-electron chi connectivity index (χ4n) is 2.18. The zero-order valence-electron chi connectivity index (χ0n) is 11.5. The third-order valence-corrected chi connectivity index (χ3v) is 3.55. The Balaban J connectivity index is 1.93. The molecule has 0 aliphatic carbocycles. The van der Waals surface area contributed by atoms with E-state index in [1.54, 1.807) is 0 Å². The Kier molecular flexibility index (Phi) is 4.52. The smallest absolute Gasteiger partial charge is 0.231 e. The Morgan fingerprint density at radius 1 is 1.63 bits per heavy atom. The van der Waals surface area contributed by atoms with Gasteiger partial charge in [0.15, 0.2) is 10.9 Å². The summed E-state index contributed by atoms with van der Waals surface area (Å²) in [4.78, 5) is 6.49. The highest BCUT2D eigenvalue weighted by molar-refractivity contribution is 7.80. The van der Waals surface area contributed by atoms with Gasteiger partial charge in [0.1, 0.15) is 0 Å². The molecule has 1 fully saturated rings. The molecule has 1 atom stereocenters. The summed E-state index contributed by atoms with van der Waals surface area (Å²) >= 11 is 5.41. The molecule has 1 aromatic rings. The first kappa shape index (κ1) is 14.0. The lowest BCUT2D eigenvalue weighted by Crippen LogP contribution is -2.45. The van der Waals surface area contributed by atoms with Gasteiger partial charge in [-0.05, 0) is 38.9 Å². The molecule has 2 heterocycles. The average molecular weight is 280 g/mol. The lowest BCUT2D eigenvalue weighted by molar-refractivity contribution is 0.257. The number of aryl methyl sites for hydroxylation is 1. The van der Waals surface area contributed by atoms with Crippen LogP contribution in [0.25, 0.3) is 0 Å². The van der Waals surface area contributed by atoms with E-state index < -0.39 is 0 Å². The molecular formula is C13H20N4OS. The zero-order chi connectivity index (χ0) is 13.8. The summed E-state index contributed by atoms with van der Waals surface area (Å²) < 4.78 is 5.26. The third-order valence-electron chi connectivity index (χ3n) is 3.14. The summed E-state index contributed by atoms with van der Waals surface area (Å²) in [5.41, 5.74) is 1.07. The number of likely N-dealkylation sites (tertiary alicyclic amines) is 1. The third kappa shape index (κ3) is 3.76. The fourth-order valence-corrected chi connectivity index (χ4v) is 2.42. The molecule has 2 rings (SSSR count). The highest BCUT2D eigenvalue weighted by Crippen LogP contribution is 2.25. The van der Waals surface area contributed by atoms with Crippen LogP contribution in [0.4, 0.5) is 0 Å². The van der Waals surface area contributed by atoms with Crippen molar-refractivity contribution >= 4 is 17.3 Å². The van der Waals surface area contributed by atoms with Crippen molar-refractivity contribution in [3.05, 3.63) is 23.9 Å². The molecule has 0 spiro atoms. The van der Waals surface area contributed by atoms with Crippen LogP contribution >= 0.6 is 12.2 Å². The number of nitrogens with zero attached hydrogens (tertiary/aromatic N) is 3. The Morgan fingerprint density at radius 2 is 2.42 bits per heavy atom. The predicted octanol–water partition coefficient (Wildman–Crippen LogP) is 2.01. The van der Waals surface area contributed by atoms with Gasteiger partial charge in [-0.1, -0.05) is 17.3 Å². The van der Waals surface area contributed by atoms with Crippen molar-refractivity contribution in [2.75, 3.05) is 19.6 Å². The average Bonchev–Trinajstić information content (AvgIpc) is 2.83. The normalized spacial score (nSPS) is 19.3. The van der Waals surface area contributed by atoms with Crippen LogP contribution in [0.15, 0.2) is 16.7 Å². The molecular weight excluding hydrogens is 260 g/mol. The minimum atomic E-state index is 0.277. The second kappa shape index (κ2) is 6.14. The lowest BCUT2D eigenvalue weighted by atomic mass is 9.98. The maximum absolute atomic E-state index is 5.41. The fraction of sp³-hybridized carbons (Fsp3) is 0.615. The summed E-state index contributed by atoms with van der Waals surface area (Å²) in [6.45, 7) is 10.2. The first-order valence-corrected chi connectivity index (χ1v) is 6.94. The van der Waals surface area contributed by atoms with Crippen molar-refractivity contribution in [3.63, 3.8) is 0 Å². The standard InChI is InChI=1S/C13H20N4OS/c1-9(2)7-14-13(19)17-6-4-5-11(8-17)12-15-10(3)16-18-12/h11H,1,4-8H2,2-3H3,(H,14,19)/t11-/m1/s1. The monoisotopic (exact) mass is 280 g/mol. The van der Waals surface area contributed by atoms with Gasteiger partial charge in [0.25, 0.3) is 0 Å². The van der Waals surface area contributed by atoms with Gasteiger partial charge in [-0.3, -0.25) is 0 Å². The van der Waals surface area contributed by atoms with Crippen molar-refractivity contribution in [1.29, 1.82) is 0 Å². The molecule has 19 heavy (non-hydrogen) atoms. The molecule has 0 aromatic carbocycles. The second-order valence-corrected chi connectivity index (χ2v) is 5.47. The van der Waals surface area contributed by atoms with Gasteiger partial charge in [-0.25, -0.2) is 0 Å². The topological polar surface area (TPSA) is 54.2 Å². The number of aromatic nitrogens is 2. The number of thiocarbonyl (C=S) groups is 1. The Bertz CT molecular complexity index is 471. The van der Waals surface area contributed by atoms with Gasteiger partial charge in [-0.2, -0.15) is 4.98 Å². The highest BCUT2D eigenvalue weighted by Gasteiger charge is 2.26. The van der Waals surface area contributed by atoms with E-state index >= 15 is 0 Å². The van der Waals surface area contributed by atoms with Crippen LogP contribution in [0.5, 0.6) is 0 Å². The van der Waals surface area contributed by atoms with Crippen LogP contribution in [-0.4, -0.2) is 39.8 Å². The molecule has 1 saturated heterocycles. The van der Waals surface area contributed by atoms with Crippen LogP contribution in [0.3, 0.4) is 0 Å². The van der Waals surface area contributed by atoms with Crippen LogP contribution in [-0.2, 0) is 0 Å². The first-order chi connectivity index (χ1) is 9.06. The number of hydrogen-bond donors (Lipinski definition) is 1. The van der Waals surface area contributed by atoms with Gasteiger partial charge >= 0.3 is 0 Å². The number of hydrogen-bond acceptors (Lipinski definition) is 4. The van der Waals surface area contributed by atoms with Crippen molar-refractivity contribution in [2.45, 2.75) is 32.6 Å². The zero-order valence-corrected chi connectivity index (χ0v) is 12.3. The van der Waals surface area contributed by atoms with E-state index in [1.165, 1.54) is 0 Å². The van der Waals surface area contributed by atoms with Crippen LogP contribution in [0.1, 0.15) is 37.4 Å². The maximum atomic E-state index is 5.41. The Hall–Kier alpha value is -1.43. The highest BCUT2D eigenvalue weighted by atomic mass is 32.1. The molecule has 5 nitrogen and oxygen atoms in total. The maximum Gasteiger partial charge on any atom is 0.231 e. The molecule has 0 radical (unpaired) electrons. The molecule has 104 valence electrons. The van der Waals surface area contributed by atoms with Crippen molar-refractivity contribution < 1.29 is 4.52 Å². The van der Waals surface area contributed by atoms with Crippen molar-refractivity contribution in [3.8, 4) is 0 Å². The van der Waals surface area contributed by atoms with E-state index in [4.69, 9.17) is 16.7 Å². The van der Waals surface area contributed by atoms with E-state index in [0.29, 0.717) is 5.82 Å². The molecule has 1 aromatic heterocycles. The Labute approximate surface area is 119 Å². The van der Waals surface area contributed by atoms with Gasteiger partial charge in [0, 0.05) is 19.6 Å². The molecule has 0 bridgehead atoms. The summed E-state index contributed by atoms with van der Waals surface area (Å²) in [6.07, 6.45) is 2.15. The SMILES string of the molecule is C=C(C)CNC(=S)N1CCC[C@@H](c2nc(C)no2)C1. The Morgan fingerprint density at radius 3 is 3.05 bits per heavy atom. The second-order valence-electron chi connectivity index (χ2n) is 5.08. The van der Waals surface area contributed by atoms with E-state index in [1.807, 2.05) is 13.8 Å². The summed E-state index contributed by atoms with van der Waals surface area (Å²) in [7, 11) is 0. The van der Waals surface area contributed by atoms with Crippen LogP contribution in [0.2, 0.25) is 0 Å². The van der Waals surface area contributed by atoms with Gasteiger partial charge < -0.3 is 14.7 Å². The predicted molar refractivity (Wildman–Crippen MR) is 78.0 cm³/mol. The molecule has 1 N–H and O–H groups in total. The van der Waals surface area contributed by atoms with E-state index in [9.17, 15) is 0 Å². The minimum Gasteiger partial charge on any atom is -0.359 e. The quantitative estimate of drug-likeness (QED) is 0.675. The van der Waals surface area contributed by atoms with Gasteiger partial charge in [-0.15, -0.1) is 0 Å². The number of nitrogens with one attached hydrogen (secondary N) is 1. The molecule has 6 heteroatoms.